The fraction of sp³-hybridized carbons (Fsp3) is 0.733. The zero-order valence-electron chi connectivity index (χ0n) is 11.9. The fourth-order valence-corrected chi connectivity index (χ4v) is 2.89. The van der Waals surface area contributed by atoms with Gasteiger partial charge in [-0.15, -0.1) is 0 Å². The topological polar surface area (TPSA) is 49.8 Å². The standard InChI is InChI=1S/C15H24N4/c1-3-16-15-18-10(2)8-14(19-15)17-9-13(11-4-5-11)12-6-7-12/h8,11-13H,3-7,9H2,1-2H3,(H2,16,17,18,19). The summed E-state index contributed by atoms with van der Waals surface area (Å²) >= 11 is 0. The van der Waals surface area contributed by atoms with Crippen molar-refractivity contribution in [3.8, 4) is 0 Å². The lowest BCUT2D eigenvalue weighted by Crippen LogP contribution is -2.19. The minimum absolute atomic E-state index is 0.736. The third-order valence-corrected chi connectivity index (χ3v) is 4.16. The molecule has 0 aliphatic heterocycles. The number of aromatic nitrogens is 2. The Morgan fingerprint density at radius 2 is 1.84 bits per heavy atom. The van der Waals surface area contributed by atoms with Crippen LogP contribution in [0.2, 0.25) is 0 Å². The van der Waals surface area contributed by atoms with Crippen molar-refractivity contribution >= 4 is 11.8 Å². The summed E-state index contributed by atoms with van der Waals surface area (Å²) in [7, 11) is 0. The molecule has 2 saturated carbocycles. The van der Waals surface area contributed by atoms with Crippen molar-refractivity contribution in [2.75, 3.05) is 23.7 Å². The molecule has 0 spiro atoms. The summed E-state index contributed by atoms with van der Waals surface area (Å²) in [5, 5.41) is 6.72. The largest absolute Gasteiger partial charge is 0.370 e. The van der Waals surface area contributed by atoms with E-state index in [1.54, 1.807) is 0 Å². The van der Waals surface area contributed by atoms with Gasteiger partial charge in [0, 0.05) is 24.8 Å². The highest BCUT2D eigenvalue weighted by atomic mass is 15.1. The van der Waals surface area contributed by atoms with E-state index in [4.69, 9.17) is 0 Å². The van der Waals surface area contributed by atoms with Crippen LogP contribution in [0.25, 0.3) is 0 Å². The third kappa shape index (κ3) is 3.37. The number of rotatable bonds is 7. The Morgan fingerprint density at radius 3 is 2.42 bits per heavy atom. The van der Waals surface area contributed by atoms with E-state index >= 15 is 0 Å². The van der Waals surface area contributed by atoms with Crippen LogP contribution in [0.1, 0.15) is 38.3 Å². The highest BCUT2D eigenvalue weighted by molar-refractivity contribution is 5.42. The van der Waals surface area contributed by atoms with Gasteiger partial charge in [-0.3, -0.25) is 0 Å². The summed E-state index contributed by atoms with van der Waals surface area (Å²) in [5.74, 6) is 4.54. The molecule has 2 fully saturated rings. The molecule has 1 aromatic rings. The highest BCUT2D eigenvalue weighted by Gasteiger charge is 2.41. The van der Waals surface area contributed by atoms with Gasteiger partial charge in [-0.25, -0.2) is 4.98 Å². The summed E-state index contributed by atoms with van der Waals surface area (Å²) in [4.78, 5) is 8.90. The van der Waals surface area contributed by atoms with Gasteiger partial charge < -0.3 is 10.6 Å². The number of aryl methyl sites for hydroxylation is 1. The van der Waals surface area contributed by atoms with Crippen molar-refractivity contribution in [3.63, 3.8) is 0 Å². The zero-order chi connectivity index (χ0) is 13.2. The quantitative estimate of drug-likeness (QED) is 0.791. The maximum atomic E-state index is 4.52. The molecule has 1 heterocycles. The second-order valence-corrected chi connectivity index (χ2v) is 5.97. The first-order valence-corrected chi connectivity index (χ1v) is 7.59. The van der Waals surface area contributed by atoms with Crippen molar-refractivity contribution < 1.29 is 0 Å². The van der Waals surface area contributed by atoms with Crippen LogP contribution < -0.4 is 10.6 Å². The molecule has 2 aliphatic rings. The van der Waals surface area contributed by atoms with Gasteiger partial charge in [0.15, 0.2) is 0 Å². The maximum absolute atomic E-state index is 4.52. The molecule has 104 valence electrons. The fourth-order valence-electron chi connectivity index (χ4n) is 2.89. The van der Waals surface area contributed by atoms with Gasteiger partial charge in [0.1, 0.15) is 5.82 Å². The van der Waals surface area contributed by atoms with Crippen LogP contribution in [0.4, 0.5) is 11.8 Å². The average molecular weight is 260 g/mol. The van der Waals surface area contributed by atoms with Crippen LogP contribution in [-0.4, -0.2) is 23.1 Å². The molecule has 2 aliphatic carbocycles. The van der Waals surface area contributed by atoms with Gasteiger partial charge in [-0.2, -0.15) is 4.98 Å². The Hall–Kier alpha value is -1.32. The van der Waals surface area contributed by atoms with E-state index in [9.17, 15) is 0 Å². The summed E-state index contributed by atoms with van der Waals surface area (Å²) < 4.78 is 0. The molecular formula is C15H24N4. The Kier molecular flexibility index (Phi) is 3.58. The van der Waals surface area contributed by atoms with Gasteiger partial charge in [0.2, 0.25) is 5.95 Å². The summed E-state index contributed by atoms with van der Waals surface area (Å²) in [5.41, 5.74) is 1.02. The number of nitrogens with zero attached hydrogens (tertiary/aromatic N) is 2. The van der Waals surface area contributed by atoms with Crippen molar-refractivity contribution in [3.05, 3.63) is 11.8 Å². The monoisotopic (exact) mass is 260 g/mol. The minimum atomic E-state index is 0.736. The molecule has 0 saturated heterocycles. The molecule has 0 bridgehead atoms. The Balaban J connectivity index is 1.61. The van der Waals surface area contributed by atoms with Gasteiger partial charge >= 0.3 is 0 Å². The summed E-state index contributed by atoms with van der Waals surface area (Å²) in [6, 6.07) is 2.04. The number of hydrogen-bond donors (Lipinski definition) is 2. The van der Waals surface area contributed by atoms with Crippen LogP contribution >= 0.6 is 0 Å². The van der Waals surface area contributed by atoms with Crippen molar-refractivity contribution in [1.82, 2.24) is 9.97 Å². The first-order chi connectivity index (χ1) is 9.26. The molecule has 0 atom stereocenters. The van der Waals surface area contributed by atoms with Crippen LogP contribution in [-0.2, 0) is 0 Å². The molecule has 4 heteroatoms. The lowest BCUT2D eigenvalue weighted by atomic mass is 9.98. The number of nitrogens with one attached hydrogen (secondary N) is 2. The molecular weight excluding hydrogens is 236 g/mol. The van der Waals surface area contributed by atoms with E-state index in [1.165, 1.54) is 25.7 Å². The van der Waals surface area contributed by atoms with Crippen LogP contribution in [0.15, 0.2) is 6.07 Å². The lowest BCUT2D eigenvalue weighted by molar-refractivity contribution is 0.427. The van der Waals surface area contributed by atoms with Crippen LogP contribution in [0.5, 0.6) is 0 Å². The van der Waals surface area contributed by atoms with Crippen molar-refractivity contribution in [2.45, 2.75) is 39.5 Å². The van der Waals surface area contributed by atoms with Crippen LogP contribution in [0.3, 0.4) is 0 Å². The van der Waals surface area contributed by atoms with Gasteiger partial charge in [-0.1, -0.05) is 0 Å². The Labute approximate surface area is 115 Å². The second-order valence-electron chi connectivity index (χ2n) is 5.97. The predicted octanol–water partition coefficient (Wildman–Crippen LogP) is 3.06. The van der Waals surface area contributed by atoms with E-state index in [2.05, 4.69) is 27.5 Å². The minimum Gasteiger partial charge on any atom is -0.370 e. The summed E-state index contributed by atoms with van der Waals surface area (Å²) in [6.07, 6.45) is 5.76. The third-order valence-electron chi connectivity index (χ3n) is 4.16. The zero-order valence-corrected chi connectivity index (χ0v) is 11.9. The van der Waals surface area contributed by atoms with E-state index < -0.39 is 0 Å². The molecule has 1 aromatic heterocycles. The smallest absolute Gasteiger partial charge is 0.224 e. The number of hydrogen-bond acceptors (Lipinski definition) is 4. The average Bonchev–Trinajstić information content (AvgIpc) is 3.24. The van der Waals surface area contributed by atoms with Gasteiger partial charge in [-0.05, 0) is 57.3 Å². The molecule has 0 amide bonds. The van der Waals surface area contributed by atoms with E-state index in [0.717, 1.165) is 48.3 Å². The summed E-state index contributed by atoms with van der Waals surface area (Å²) in [6.45, 7) is 6.02. The Morgan fingerprint density at radius 1 is 1.16 bits per heavy atom. The van der Waals surface area contributed by atoms with E-state index in [1.807, 2.05) is 13.0 Å². The SMILES string of the molecule is CCNc1nc(C)cc(NCC(C2CC2)C2CC2)n1. The normalized spacial score (nSPS) is 18.7. The van der Waals surface area contributed by atoms with Gasteiger partial charge in [0.25, 0.3) is 0 Å². The van der Waals surface area contributed by atoms with E-state index in [-0.39, 0.29) is 0 Å². The molecule has 2 N–H and O–H groups in total. The van der Waals surface area contributed by atoms with Crippen molar-refractivity contribution in [2.24, 2.45) is 17.8 Å². The molecule has 0 aromatic carbocycles. The first-order valence-electron chi connectivity index (χ1n) is 7.59. The van der Waals surface area contributed by atoms with Gasteiger partial charge in [0.05, 0.1) is 0 Å². The predicted molar refractivity (Wildman–Crippen MR) is 78.4 cm³/mol. The second kappa shape index (κ2) is 5.35. The van der Waals surface area contributed by atoms with E-state index in [0.29, 0.717) is 0 Å². The highest BCUT2D eigenvalue weighted by Crippen LogP contribution is 2.49. The molecule has 3 rings (SSSR count). The van der Waals surface area contributed by atoms with Crippen molar-refractivity contribution in [1.29, 1.82) is 0 Å². The Bertz CT molecular complexity index is 426. The lowest BCUT2D eigenvalue weighted by Gasteiger charge is -2.17. The number of anilines is 2. The molecule has 4 nitrogen and oxygen atoms in total. The molecule has 0 unspecified atom stereocenters. The molecule has 19 heavy (non-hydrogen) atoms. The van der Waals surface area contributed by atoms with Crippen LogP contribution in [0, 0.1) is 24.7 Å². The molecule has 0 radical (unpaired) electrons. The first kappa shape index (κ1) is 12.7. The maximum Gasteiger partial charge on any atom is 0.224 e.